The first-order valence-electron chi connectivity index (χ1n) is 7.75. The summed E-state index contributed by atoms with van der Waals surface area (Å²) in [6.07, 6.45) is 6.14. The number of carbonyl (C=O) groups excluding carboxylic acids is 1. The van der Waals surface area contributed by atoms with E-state index in [1.807, 2.05) is 0 Å². The van der Waals surface area contributed by atoms with Gasteiger partial charge in [0.05, 0.1) is 5.56 Å². The largest absolute Gasteiger partial charge is 0.508 e. The highest BCUT2D eigenvalue weighted by atomic mass is 79.9. The molecule has 0 aromatic heterocycles. The number of halogens is 4. The van der Waals surface area contributed by atoms with Crippen molar-refractivity contribution in [2.24, 2.45) is 0 Å². The summed E-state index contributed by atoms with van der Waals surface area (Å²) in [7, 11) is 0. The van der Waals surface area contributed by atoms with Gasteiger partial charge >= 0.3 is 5.97 Å². The lowest BCUT2D eigenvalue weighted by molar-refractivity contribution is -0.110. The number of phenolic OH excluding ortho intramolecular Hbond substituents is 1. The molecule has 0 aliphatic heterocycles. The second-order valence-electron chi connectivity index (χ2n) is 5.76. The van der Waals surface area contributed by atoms with Gasteiger partial charge in [0.1, 0.15) is 5.75 Å². The zero-order valence-corrected chi connectivity index (χ0v) is 20.2. The number of carboxylic acids is 1. The Hall–Kier alpha value is -1.48. The molecule has 8 heteroatoms. The number of carbonyl (C=O) groups is 2. The minimum atomic E-state index is -1.12. The summed E-state index contributed by atoms with van der Waals surface area (Å²) >= 11 is 13.8. The van der Waals surface area contributed by atoms with E-state index in [9.17, 15) is 19.8 Å². The van der Waals surface area contributed by atoms with Crippen LogP contribution in [0.4, 0.5) is 0 Å². The van der Waals surface area contributed by atoms with Gasteiger partial charge in [0.15, 0.2) is 5.78 Å². The van der Waals surface area contributed by atoms with Gasteiger partial charge < -0.3 is 10.2 Å². The number of hydrogen-bond donors (Lipinski definition) is 2. The lowest BCUT2D eigenvalue weighted by Gasteiger charge is -2.20. The van der Waals surface area contributed by atoms with Crippen LogP contribution in [-0.4, -0.2) is 22.0 Å². The van der Waals surface area contributed by atoms with Gasteiger partial charge in [-0.1, -0.05) is 24.3 Å². The number of hydrogen-bond acceptors (Lipinski definition) is 3. The van der Waals surface area contributed by atoms with E-state index in [2.05, 4.69) is 63.7 Å². The highest BCUT2D eigenvalue weighted by Gasteiger charge is 2.27. The SMILES string of the molecule is O=C1C=CC(=C(c2ccc(O)cc2)c2c(Br)c(Br)c(Br)c(Br)c2C(=O)O)C=C1. The second-order valence-corrected chi connectivity index (χ2v) is 8.93. The molecule has 142 valence electrons. The minimum Gasteiger partial charge on any atom is -0.508 e. The van der Waals surface area contributed by atoms with Crippen molar-refractivity contribution in [3.05, 3.63) is 88.7 Å². The lowest BCUT2D eigenvalue weighted by Crippen LogP contribution is -2.08. The van der Waals surface area contributed by atoms with Crippen LogP contribution >= 0.6 is 63.7 Å². The second kappa shape index (κ2) is 8.49. The van der Waals surface area contributed by atoms with Gasteiger partial charge in [-0.3, -0.25) is 4.79 Å². The number of phenols is 1. The number of carboxylic acid groups (broad SMARTS) is 1. The maximum atomic E-state index is 12.1. The minimum absolute atomic E-state index is 0.0521. The Labute approximate surface area is 194 Å². The smallest absolute Gasteiger partial charge is 0.337 e. The summed E-state index contributed by atoms with van der Waals surface area (Å²) in [6.45, 7) is 0. The molecule has 28 heavy (non-hydrogen) atoms. The van der Waals surface area contributed by atoms with E-state index in [1.165, 1.54) is 24.3 Å². The van der Waals surface area contributed by atoms with E-state index in [1.54, 1.807) is 24.3 Å². The summed E-state index contributed by atoms with van der Waals surface area (Å²) in [5.41, 5.74) is 2.42. The van der Waals surface area contributed by atoms with Gasteiger partial charge in [-0.05, 0) is 105 Å². The zero-order chi connectivity index (χ0) is 20.6. The highest BCUT2D eigenvalue weighted by Crippen LogP contribution is 2.47. The van der Waals surface area contributed by atoms with Gasteiger partial charge in [0.25, 0.3) is 0 Å². The molecule has 4 nitrogen and oxygen atoms in total. The van der Waals surface area contributed by atoms with Crippen LogP contribution in [0.3, 0.4) is 0 Å². The Morgan fingerprint density at radius 1 is 0.750 bits per heavy atom. The third kappa shape index (κ3) is 3.96. The van der Waals surface area contributed by atoms with E-state index in [0.717, 1.165) is 0 Å². The topological polar surface area (TPSA) is 74.6 Å². The zero-order valence-electron chi connectivity index (χ0n) is 13.8. The van der Waals surface area contributed by atoms with Crippen LogP contribution in [0.25, 0.3) is 5.57 Å². The summed E-state index contributed by atoms with van der Waals surface area (Å²) in [5.74, 6) is -1.18. The van der Waals surface area contributed by atoms with Crippen molar-refractivity contribution in [2.45, 2.75) is 0 Å². The Bertz CT molecular complexity index is 1080. The molecule has 3 rings (SSSR count). The first-order valence-corrected chi connectivity index (χ1v) is 10.9. The Morgan fingerprint density at radius 3 is 1.75 bits per heavy atom. The fraction of sp³-hybridized carbons (Fsp3) is 0. The standard InChI is InChI=1S/C20H10Br4O4/c21-16-14(15(20(27)28)17(22)19(24)18(16)23)13(9-1-5-11(25)6-2-9)10-3-7-12(26)8-4-10/h1-8,25H,(H,27,28). The molecule has 0 saturated heterocycles. The Kier molecular flexibility index (Phi) is 6.44. The van der Waals surface area contributed by atoms with Crippen LogP contribution in [0.1, 0.15) is 21.5 Å². The fourth-order valence-corrected chi connectivity index (χ4v) is 5.26. The third-order valence-electron chi connectivity index (χ3n) is 4.03. The van der Waals surface area contributed by atoms with Gasteiger partial charge in [-0.25, -0.2) is 4.79 Å². The molecule has 0 spiro atoms. The van der Waals surface area contributed by atoms with Crippen molar-refractivity contribution >= 4 is 81.0 Å². The van der Waals surface area contributed by atoms with Crippen LogP contribution in [-0.2, 0) is 4.79 Å². The van der Waals surface area contributed by atoms with E-state index >= 15 is 0 Å². The summed E-state index contributed by atoms with van der Waals surface area (Å²) in [4.78, 5) is 23.7. The van der Waals surface area contributed by atoms with E-state index in [0.29, 0.717) is 40.2 Å². The van der Waals surface area contributed by atoms with E-state index in [-0.39, 0.29) is 17.1 Å². The molecule has 0 atom stereocenters. The molecule has 0 bridgehead atoms. The molecule has 0 unspecified atom stereocenters. The van der Waals surface area contributed by atoms with Crippen molar-refractivity contribution in [3.63, 3.8) is 0 Å². The van der Waals surface area contributed by atoms with Crippen molar-refractivity contribution in [1.82, 2.24) is 0 Å². The average Bonchev–Trinajstić information content (AvgIpc) is 2.66. The Morgan fingerprint density at radius 2 is 1.25 bits per heavy atom. The molecule has 0 saturated carbocycles. The van der Waals surface area contributed by atoms with Gasteiger partial charge in [0.2, 0.25) is 0 Å². The highest BCUT2D eigenvalue weighted by molar-refractivity contribution is 9.15. The van der Waals surface area contributed by atoms with Gasteiger partial charge in [0, 0.05) is 23.5 Å². The van der Waals surface area contributed by atoms with Gasteiger partial charge in [-0.2, -0.15) is 0 Å². The molecule has 2 aromatic carbocycles. The maximum Gasteiger partial charge on any atom is 0.337 e. The third-order valence-corrected chi connectivity index (χ3v) is 8.80. The number of benzene rings is 2. The molecule has 0 heterocycles. The van der Waals surface area contributed by atoms with Crippen molar-refractivity contribution in [3.8, 4) is 5.75 Å². The van der Waals surface area contributed by atoms with Crippen LogP contribution in [0.15, 0.2) is 72.0 Å². The molecular formula is C20H10Br4O4. The van der Waals surface area contributed by atoms with E-state index < -0.39 is 5.97 Å². The molecular weight excluding hydrogens is 624 g/mol. The summed E-state index contributed by atoms with van der Waals surface area (Å²) in [6, 6.07) is 6.43. The fourth-order valence-electron chi connectivity index (χ4n) is 2.77. The lowest BCUT2D eigenvalue weighted by atomic mass is 9.88. The van der Waals surface area contributed by atoms with Crippen molar-refractivity contribution in [1.29, 1.82) is 0 Å². The number of allylic oxidation sites excluding steroid dienone is 5. The van der Waals surface area contributed by atoms with Crippen LogP contribution in [0.2, 0.25) is 0 Å². The van der Waals surface area contributed by atoms with Crippen LogP contribution < -0.4 is 0 Å². The molecule has 1 aliphatic rings. The number of aromatic hydroxyl groups is 1. The molecule has 2 N–H and O–H groups in total. The quantitative estimate of drug-likeness (QED) is 0.294. The van der Waals surface area contributed by atoms with Crippen molar-refractivity contribution < 1.29 is 19.8 Å². The summed E-state index contributed by atoms with van der Waals surface area (Å²) in [5, 5.41) is 19.6. The predicted molar refractivity (Wildman–Crippen MR) is 122 cm³/mol. The first-order chi connectivity index (χ1) is 13.2. The normalized spacial score (nSPS) is 13.1. The molecule has 2 aromatic rings. The van der Waals surface area contributed by atoms with Crippen LogP contribution in [0, 0.1) is 0 Å². The molecule has 0 radical (unpaired) electrons. The number of rotatable bonds is 3. The number of aromatic carboxylic acids is 1. The van der Waals surface area contributed by atoms with Crippen LogP contribution in [0.5, 0.6) is 5.75 Å². The predicted octanol–water partition coefficient (Wildman–Crippen LogP) is 6.64. The van der Waals surface area contributed by atoms with Crippen molar-refractivity contribution in [2.75, 3.05) is 0 Å². The molecule has 1 aliphatic carbocycles. The maximum absolute atomic E-state index is 12.1. The Balaban J connectivity index is 2.47. The molecule has 0 fully saturated rings. The van der Waals surface area contributed by atoms with Gasteiger partial charge in [-0.15, -0.1) is 0 Å². The summed E-state index contributed by atoms with van der Waals surface area (Å²) < 4.78 is 2.10. The number of ketones is 1. The average molecular weight is 634 g/mol. The first kappa shape index (κ1) is 21.2. The monoisotopic (exact) mass is 630 g/mol. The van der Waals surface area contributed by atoms with E-state index in [4.69, 9.17) is 0 Å². The molecule has 0 amide bonds.